The summed E-state index contributed by atoms with van der Waals surface area (Å²) in [6.45, 7) is 3.67. The van der Waals surface area contributed by atoms with Crippen molar-refractivity contribution in [3.05, 3.63) is 35.7 Å². The molecule has 2 rings (SSSR count). The number of allylic oxidation sites excluding steroid dienone is 3. The highest BCUT2D eigenvalue weighted by atomic mass is 19.1. The van der Waals surface area contributed by atoms with E-state index in [0.29, 0.717) is 5.57 Å². The first kappa shape index (κ1) is 11.1. The van der Waals surface area contributed by atoms with Crippen molar-refractivity contribution in [2.45, 2.75) is 38.1 Å². The summed E-state index contributed by atoms with van der Waals surface area (Å²) in [6, 6.07) is 0.228. The zero-order valence-corrected chi connectivity index (χ0v) is 9.26. The van der Waals surface area contributed by atoms with Crippen LogP contribution in [0.1, 0.15) is 32.1 Å². The van der Waals surface area contributed by atoms with E-state index in [9.17, 15) is 9.18 Å². The zero-order chi connectivity index (χ0) is 11.5. The molecule has 3 heteroatoms. The van der Waals surface area contributed by atoms with E-state index in [1.54, 1.807) is 6.08 Å². The summed E-state index contributed by atoms with van der Waals surface area (Å²) in [5.41, 5.74) is 0.870. The van der Waals surface area contributed by atoms with E-state index >= 15 is 0 Å². The molecule has 0 aliphatic heterocycles. The molecule has 0 bridgehead atoms. The minimum Gasteiger partial charge on any atom is -0.349 e. The standard InChI is InChI=1S/C13H16FNO/c1-9-6-7-11(12(14)8-9)13(16)15-10-4-2-3-5-10/h6-7,10H,1-5,8H2,(H,15,16). The first-order valence-corrected chi connectivity index (χ1v) is 5.72. The molecule has 0 aromatic rings. The molecule has 1 amide bonds. The summed E-state index contributed by atoms with van der Waals surface area (Å²) in [4.78, 5) is 11.8. The van der Waals surface area contributed by atoms with Crippen LogP contribution in [-0.4, -0.2) is 11.9 Å². The normalized spacial score (nSPS) is 21.7. The van der Waals surface area contributed by atoms with E-state index < -0.39 is 0 Å². The van der Waals surface area contributed by atoms with Crippen molar-refractivity contribution in [2.24, 2.45) is 0 Å². The lowest BCUT2D eigenvalue weighted by Crippen LogP contribution is -2.33. The molecule has 0 aromatic carbocycles. The Morgan fingerprint density at radius 3 is 2.69 bits per heavy atom. The Labute approximate surface area is 94.9 Å². The average Bonchev–Trinajstić information content (AvgIpc) is 2.70. The van der Waals surface area contributed by atoms with Gasteiger partial charge in [0.2, 0.25) is 0 Å². The minimum atomic E-state index is -0.372. The summed E-state index contributed by atoms with van der Waals surface area (Å²) < 4.78 is 13.5. The van der Waals surface area contributed by atoms with Gasteiger partial charge in [-0.05, 0) is 24.5 Å². The zero-order valence-electron chi connectivity index (χ0n) is 9.26. The monoisotopic (exact) mass is 221 g/mol. The van der Waals surface area contributed by atoms with Gasteiger partial charge in [-0.3, -0.25) is 4.79 Å². The fourth-order valence-electron chi connectivity index (χ4n) is 2.18. The molecule has 1 saturated carbocycles. The largest absolute Gasteiger partial charge is 0.349 e. The molecule has 2 aliphatic carbocycles. The van der Waals surface area contributed by atoms with Gasteiger partial charge in [0.15, 0.2) is 0 Å². The van der Waals surface area contributed by atoms with Gasteiger partial charge < -0.3 is 5.32 Å². The first-order valence-electron chi connectivity index (χ1n) is 5.72. The van der Waals surface area contributed by atoms with E-state index in [0.717, 1.165) is 25.7 Å². The lowest BCUT2D eigenvalue weighted by Gasteiger charge is -2.15. The third-order valence-corrected chi connectivity index (χ3v) is 3.10. The van der Waals surface area contributed by atoms with Gasteiger partial charge in [-0.15, -0.1) is 0 Å². The maximum Gasteiger partial charge on any atom is 0.254 e. The SMILES string of the molecule is C=C1C=CC(C(=O)NC2CCCC2)=C(F)C1. The highest BCUT2D eigenvalue weighted by Crippen LogP contribution is 2.24. The molecule has 0 saturated heterocycles. The van der Waals surface area contributed by atoms with Gasteiger partial charge in [0.1, 0.15) is 5.83 Å². The maximum atomic E-state index is 13.5. The van der Waals surface area contributed by atoms with Gasteiger partial charge in [-0.1, -0.05) is 25.5 Å². The molecule has 0 heterocycles. The predicted octanol–water partition coefficient (Wildman–Crippen LogP) is 2.78. The molecule has 0 atom stereocenters. The van der Waals surface area contributed by atoms with Crippen LogP contribution < -0.4 is 5.32 Å². The van der Waals surface area contributed by atoms with Crippen molar-refractivity contribution in [3.8, 4) is 0 Å². The first-order chi connectivity index (χ1) is 7.66. The summed E-state index contributed by atoms with van der Waals surface area (Å²) in [5, 5.41) is 2.88. The van der Waals surface area contributed by atoms with Crippen LogP contribution in [0.2, 0.25) is 0 Å². The quantitative estimate of drug-likeness (QED) is 0.763. The Hall–Kier alpha value is -1.38. The van der Waals surface area contributed by atoms with Gasteiger partial charge >= 0.3 is 0 Å². The second-order valence-corrected chi connectivity index (χ2v) is 4.44. The van der Waals surface area contributed by atoms with Crippen molar-refractivity contribution >= 4 is 5.91 Å². The highest BCUT2D eigenvalue weighted by molar-refractivity contribution is 5.97. The molecule has 0 unspecified atom stereocenters. The van der Waals surface area contributed by atoms with Gasteiger partial charge in [0.05, 0.1) is 5.57 Å². The number of halogens is 1. The van der Waals surface area contributed by atoms with E-state index in [1.807, 2.05) is 0 Å². The minimum absolute atomic E-state index is 0.157. The van der Waals surface area contributed by atoms with E-state index in [-0.39, 0.29) is 29.8 Å². The van der Waals surface area contributed by atoms with E-state index in [4.69, 9.17) is 0 Å². The summed E-state index contributed by atoms with van der Waals surface area (Å²) in [7, 11) is 0. The van der Waals surface area contributed by atoms with Gasteiger partial charge in [0, 0.05) is 12.5 Å². The highest BCUT2D eigenvalue weighted by Gasteiger charge is 2.21. The van der Waals surface area contributed by atoms with Gasteiger partial charge in [0.25, 0.3) is 5.91 Å². The van der Waals surface area contributed by atoms with Crippen LogP contribution in [0.5, 0.6) is 0 Å². The van der Waals surface area contributed by atoms with Crippen LogP contribution in [0.15, 0.2) is 35.7 Å². The van der Waals surface area contributed by atoms with Crippen molar-refractivity contribution in [2.75, 3.05) is 0 Å². The van der Waals surface area contributed by atoms with Crippen LogP contribution in [0, 0.1) is 0 Å². The molecule has 0 spiro atoms. The smallest absolute Gasteiger partial charge is 0.254 e. The van der Waals surface area contributed by atoms with E-state index in [2.05, 4.69) is 11.9 Å². The Morgan fingerprint density at radius 1 is 1.38 bits per heavy atom. The number of hydrogen-bond acceptors (Lipinski definition) is 1. The van der Waals surface area contributed by atoms with Gasteiger partial charge in [-0.25, -0.2) is 4.39 Å². The van der Waals surface area contributed by atoms with Crippen LogP contribution in [0.25, 0.3) is 0 Å². The second-order valence-electron chi connectivity index (χ2n) is 4.44. The third-order valence-electron chi connectivity index (χ3n) is 3.10. The fraction of sp³-hybridized carbons (Fsp3) is 0.462. The van der Waals surface area contributed by atoms with Crippen LogP contribution >= 0.6 is 0 Å². The number of carbonyl (C=O) groups excluding carboxylic acids is 1. The molecule has 0 aromatic heterocycles. The molecule has 2 aliphatic rings. The fourth-order valence-corrected chi connectivity index (χ4v) is 2.18. The molecule has 16 heavy (non-hydrogen) atoms. The topological polar surface area (TPSA) is 29.1 Å². The average molecular weight is 221 g/mol. The lowest BCUT2D eigenvalue weighted by molar-refractivity contribution is -0.117. The number of hydrogen-bond donors (Lipinski definition) is 1. The summed E-state index contributed by atoms with van der Waals surface area (Å²) >= 11 is 0. The lowest BCUT2D eigenvalue weighted by atomic mass is 10.0. The Bertz CT molecular complexity index is 375. The van der Waals surface area contributed by atoms with Crippen molar-refractivity contribution < 1.29 is 9.18 Å². The van der Waals surface area contributed by atoms with Crippen LogP contribution in [0.4, 0.5) is 4.39 Å². The number of carbonyl (C=O) groups is 1. The molecule has 2 nitrogen and oxygen atoms in total. The molecule has 1 fully saturated rings. The van der Waals surface area contributed by atoms with Crippen LogP contribution in [-0.2, 0) is 4.79 Å². The van der Waals surface area contributed by atoms with Crippen molar-refractivity contribution in [1.29, 1.82) is 0 Å². The Kier molecular flexibility index (Phi) is 3.22. The predicted molar refractivity (Wildman–Crippen MR) is 61.4 cm³/mol. The number of nitrogens with one attached hydrogen (secondary N) is 1. The number of amides is 1. The molecule has 0 radical (unpaired) electrons. The van der Waals surface area contributed by atoms with Crippen molar-refractivity contribution in [3.63, 3.8) is 0 Å². The molecular formula is C13H16FNO. The maximum absolute atomic E-state index is 13.5. The Balaban J connectivity index is 2.01. The second kappa shape index (κ2) is 4.64. The molecular weight excluding hydrogens is 205 g/mol. The van der Waals surface area contributed by atoms with Crippen molar-refractivity contribution in [1.82, 2.24) is 5.32 Å². The van der Waals surface area contributed by atoms with Gasteiger partial charge in [-0.2, -0.15) is 0 Å². The third kappa shape index (κ3) is 2.40. The van der Waals surface area contributed by atoms with E-state index in [1.165, 1.54) is 6.08 Å². The summed E-state index contributed by atoms with van der Waals surface area (Å²) in [6.07, 6.45) is 7.70. The molecule has 86 valence electrons. The van der Waals surface area contributed by atoms with Crippen LogP contribution in [0.3, 0.4) is 0 Å². The summed E-state index contributed by atoms with van der Waals surface area (Å²) in [5.74, 6) is -0.656. The Morgan fingerprint density at radius 2 is 2.06 bits per heavy atom. The molecule has 1 N–H and O–H groups in total. The number of rotatable bonds is 2.